The highest BCUT2D eigenvalue weighted by molar-refractivity contribution is 7.47. The molecule has 10 heteroatoms. The van der Waals surface area contributed by atoms with Crippen LogP contribution in [-0.2, 0) is 32.7 Å². The molecular weight excluding hydrogens is 930 g/mol. The Bertz CT molecular complexity index is 1460. The van der Waals surface area contributed by atoms with E-state index >= 15 is 0 Å². The van der Waals surface area contributed by atoms with Crippen LogP contribution in [0.1, 0.15) is 264 Å². The van der Waals surface area contributed by atoms with Gasteiger partial charge in [0.25, 0.3) is 0 Å². The zero-order chi connectivity index (χ0) is 53.5. The van der Waals surface area contributed by atoms with Crippen LogP contribution in [0.4, 0.5) is 0 Å². The molecule has 9 nitrogen and oxygen atoms in total. The van der Waals surface area contributed by atoms with Gasteiger partial charge in [-0.1, -0.05) is 241 Å². The molecule has 0 aliphatic heterocycles. The SMILES string of the molecule is CC/C=C\C/C=C\C/C=C\C/C=C\C/C=C\CCCCCCCCCCCCCCCCCC(=O)OC(COC(=O)CCCCCCCCC/C=C\CCCCCCCCC)COP(=O)(O)OCC[N+](C)(C)C. The predicted molar refractivity (Wildman–Crippen MR) is 312 cm³/mol. The molecule has 2 atom stereocenters. The summed E-state index contributed by atoms with van der Waals surface area (Å²) in [7, 11) is 1.48. The van der Waals surface area contributed by atoms with Gasteiger partial charge in [-0.15, -0.1) is 0 Å². The van der Waals surface area contributed by atoms with Crippen LogP contribution in [0.15, 0.2) is 72.9 Å². The molecule has 0 heterocycles. The van der Waals surface area contributed by atoms with Gasteiger partial charge in [0, 0.05) is 12.8 Å². The van der Waals surface area contributed by atoms with Crippen molar-refractivity contribution in [2.75, 3.05) is 47.5 Å². The van der Waals surface area contributed by atoms with E-state index in [0.29, 0.717) is 17.4 Å². The normalized spacial score (nSPS) is 13.8. The molecule has 424 valence electrons. The largest absolute Gasteiger partial charge is 0.472 e. The highest BCUT2D eigenvalue weighted by Gasteiger charge is 2.27. The van der Waals surface area contributed by atoms with Gasteiger partial charge in [0.15, 0.2) is 6.10 Å². The van der Waals surface area contributed by atoms with E-state index < -0.39 is 26.5 Å². The molecule has 0 saturated carbocycles. The van der Waals surface area contributed by atoms with Gasteiger partial charge >= 0.3 is 19.8 Å². The lowest BCUT2D eigenvalue weighted by molar-refractivity contribution is -0.870. The quantitative estimate of drug-likeness (QED) is 0.0211. The zero-order valence-corrected chi connectivity index (χ0v) is 49.0. The van der Waals surface area contributed by atoms with Crippen LogP contribution < -0.4 is 0 Å². The number of nitrogens with zero attached hydrogens (tertiary/aromatic N) is 1. The van der Waals surface area contributed by atoms with E-state index in [1.807, 2.05) is 21.1 Å². The van der Waals surface area contributed by atoms with Crippen molar-refractivity contribution in [3.8, 4) is 0 Å². The number of allylic oxidation sites excluding steroid dienone is 12. The zero-order valence-electron chi connectivity index (χ0n) is 48.1. The van der Waals surface area contributed by atoms with Crippen molar-refractivity contribution < 1.29 is 42.1 Å². The lowest BCUT2D eigenvalue weighted by Gasteiger charge is -2.24. The molecule has 2 unspecified atom stereocenters. The summed E-state index contributed by atoms with van der Waals surface area (Å²) in [6, 6.07) is 0. The number of carbonyl (C=O) groups is 2. The predicted octanol–water partition coefficient (Wildman–Crippen LogP) is 18.9. The monoisotopic (exact) mass is 1040 g/mol. The standard InChI is InChI=1S/C63H114NO8P/c1-6-8-10-12-14-16-18-20-22-24-26-27-28-29-30-31-32-33-34-35-36-37-38-40-42-44-46-48-50-52-54-56-63(66)72-61(60-71-73(67,68)70-58-57-64(3,4)5)59-69-62(65)55-53-51-49-47-45-43-41-39-25-23-21-19-17-15-13-11-9-7-2/h8,10,14,16,20,22-23,25-27,29-30,61H,6-7,9,11-13,15,17-19,21,24,28,31-60H2,1-5H3/p+1/b10-8-,16-14-,22-20-,25-23-,27-26-,30-29-. The van der Waals surface area contributed by atoms with Crippen molar-refractivity contribution in [2.24, 2.45) is 0 Å². The molecule has 0 aliphatic carbocycles. The molecule has 0 saturated heterocycles. The Hall–Kier alpha value is -2.55. The molecule has 1 N–H and O–H groups in total. The third-order valence-electron chi connectivity index (χ3n) is 13.0. The maximum atomic E-state index is 12.8. The second kappa shape index (κ2) is 54.2. The van der Waals surface area contributed by atoms with Crippen molar-refractivity contribution in [1.82, 2.24) is 0 Å². The van der Waals surface area contributed by atoms with E-state index in [-0.39, 0.29) is 32.0 Å². The second-order valence-corrected chi connectivity index (χ2v) is 22.8. The summed E-state index contributed by atoms with van der Waals surface area (Å²) in [6.07, 6.45) is 71.2. The molecule has 0 aromatic heterocycles. The summed E-state index contributed by atoms with van der Waals surface area (Å²) in [4.78, 5) is 35.7. The minimum atomic E-state index is -4.39. The van der Waals surface area contributed by atoms with E-state index in [1.54, 1.807) is 0 Å². The van der Waals surface area contributed by atoms with E-state index in [0.717, 1.165) is 70.6 Å². The molecule has 0 rings (SSSR count). The van der Waals surface area contributed by atoms with Crippen LogP contribution in [0.25, 0.3) is 0 Å². The first-order valence-corrected chi connectivity index (χ1v) is 31.7. The minimum absolute atomic E-state index is 0.0299. The maximum Gasteiger partial charge on any atom is 0.472 e. The Morgan fingerprint density at radius 3 is 1.18 bits per heavy atom. The lowest BCUT2D eigenvalue weighted by Crippen LogP contribution is -2.37. The fraction of sp³-hybridized carbons (Fsp3) is 0.778. The maximum absolute atomic E-state index is 12.8. The van der Waals surface area contributed by atoms with Crippen LogP contribution in [-0.4, -0.2) is 74.9 Å². The Kier molecular flexibility index (Phi) is 52.4. The number of phosphoric ester groups is 1. The van der Waals surface area contributed by atoms with Crippen molar-refractivity contribution in [3.05, 3.63) is 72.9 Å². The highest BCUT2D eigenvalue weighted by atomic mass is 31.2. The molecule has 73 heavy (non-hydrogen) atoms. The number of ether oxygens (including phenoxy) is 2. The third-order valence-corrected chi connectivity index (χ3v) is 14.0. The minimum Gasteiger partial charge on any atom is -0.462 e. The molecule has 0 fully saturated rings. The number of quaternary nitrogens is 1. The van der Waals surface area contributed by atoms with Gasteiger partial charge in [-0.2, -0.15) is 0 Å². The number of phosphoric acid groups is 1. The van der Waals surface area contributed by atoms with Gasteiger partial charge in [0.2, 0.25) is 0 Å². The van der Waals surface area contributed by atoms with Gasteiger partial charge in [-0.3, -0.25) is 18.6 Å². The summed E-state index contributed by atoms with van der Waals surface area (Å²) >= 11 is 0. The molecule has 0 aliphatic rings. The van der Waals surface area contributed by atoms with Gasteiger partial charge in [-0.05, 0) is 83.5 Å². The number of unbranched alkanes of at least 4 members (excludes halogenated alkanes) is 29. The molecular formula is C63H115NO8P+. The fourth-order valence-corrected chi connectivity index (χ4v) is 9.07. The fourth-order valence-electron chi connectivity index (χ4n) is 8.33. The van der Waals surface area contributed by atoms with Gasteiger partial charge < -0.3 is 18.9 Å². The van der Waals surface area contributed by atoms with Crippen molar-refractivity contribution in [3.63, 3.8) is 0 Å². The summed E-state index contributed by atoms with van der Waals surface area (Å²) < 4.78 is 34.6. The van der Waals surface area contributed by atoms with Crippen LogP contribution in [0.5, 0.6) is 0 Å². The van der Waals surface area contributed by atoms with Crippen LogP contribution in [0, 0.1) is 0 Å². The molecule has 0 aromatic rings. The number of likely N-dealkylation sites (N-methyl/N-ethyl adjacent to an activating group) is 1. The Labute approximate surface area is 450 Å². The molecule has 0 spiro atoms. The first kappa shape index (κ1) is 70.5. The Balaban J connectivity index is 4.10. The van der Waals surface area contributed by atoms with Crippen molar-refractivity contribution in [1.29, 1.82) is 0 Å². The van der Waals surface area contributed by atoms with Crippen LogP contribution >= 0.6 is 7.82 Å². The van der Waals surface area contributed by atoms with E-state index in [2.05, 4.69) is 86.8 Å². The number of hydrogen-bond donors (Lipinski definition) is 1. The number of carbonyl (C=O) groups excluding carboxylic acids is 2. The number of hydrogen-bond acceptors (Lipinski definition) is 7. The smallest absolute Gasteiger partial charge is 0.462 e. The lowest BCUT2D eigenvalue weighted by atomic mass is 10.0. The number of esters is 2. The first-order valence-electron chi connectivity index (χ1n) is 30.2. The topological polar surface area (TPSA) is 108 Å². The highest BCUT2D eigenvalue weighted by Crippen LogP contribution is 2.43. The molecule has 0 amide bonds. The summed E-state index contributed by atoms with van der Waals surface area (Å²) in [6.45, 7) is 4.34. The summed E-state index contributed by atoms with van der Waals surface area (Å²) in [5.41, 5.74) is 0. The second-order valence-electron chi connectivity index (χ2n) is 21.4. The van der Waals surface area contributed by atoms with Gasteiger partial charge in [0.1, 0.15) is 19.8 Å². The molecule has 0 radical (unpaired) electrons. The van der Waals surface area contributed by atoms with Crippen LogP contribution in [0.2, 0.25) is 0 Å². The summed E-state index contributed by atoms with van der Waals surface area (Å²) in [5, 5.41) is 0. The van der Waals surface area contributed by atoms with Gasteiger partial charge in [-0.25, -0.2) is 4.57 Å². The van der Waals surface area contributed by atoms with E-state index in [4.69, 9.17) is 18.5 Å². The molecule has 0 bridgehead atoms. The first-order chi connectivity index (χ1) is 35.5. The van der Waals surface area contributed by atoms with E-state index in [9.17, 15) is 19.0 Å². The Morgan fingerprint density at radius 2 is 0.781 bits per heavy atom. The third kappa shape index (κ3) is 58.6. The average molecular weight is 1050 g/mol. The van der Waals surface area contributed by atoms with Gasteiger partial charge in [0.05, 0.1) is 27.7 Å². The summed E-state index contributed by atoms with van der Waals surface area (Å²) in [5.74, 6) is -0.796. The van der Waals surface area contributed by atoms with Crippen molar-refractivity contribution >= 4 is 19.8 Å². The van der Waals surface area contributed by atoms with E-state index in [1.165, 1.54) is 161 Å². The molecule has 0 aromatic carbocycles. The number of rotatable bonds is 55. The van der Waals surface area contributed by atoms with Crippen molar-refractivity contribution in [2.45, 2.75) is 270 Å². The Morgan fingerprint density at radius 1 is 0.438 bits per heavy atom. The van der Waals surface area contributed by atoms with Crippen LogP contribution in [0.3, 0.4) is 0 Å². The average Bonchev–Trinajstić information content (AvgIpc) is 3.35.